The van der Waals surface area contributed by atoms with E-state index in [1.807, 2.05) is 0 Å². The Morgan fingerprint density at radius 2 is 1.81 bits per heavy atom. The SMILES string of the molecule is CC(=O)Nc1ccc(C)c(C(=O)N[C@@H](C(=O)O)C(C)C)c1. The van der Waals surface area contributed by atoms with Gasteiger partial charge in [0, 0.05) is 18.2 Å². The molecular weight excluding hydrogens is 272 g/mol. The first-order chi connectivity index (χ1) is 9.72. The predicted molar refractivity (Wildman–Crippen MR) is 79.2 cm³/mol. The molecule has 0 heterocycles. The van der Waals surface area contributed by atoms with Crippen LogP contribution in [0.25, 0.3) is 0 Å². The number of benzene rings is 1. The van der Waals surface area contributed by atoms with Gasteiger partial charge >= 0.3 is 5.97 Å². The number of hydrogen-bond acceptors (Lipinski definition) is 3. The van der Waals surface area contributed by atoms with E-state index in [2.05, 4.69) is 10.6 Å². The largest absolute Gasteiger partial charge is 0.480 e. The Morgan fingerprint density at radius 3 is 2.29 bits per heavy atom. The average Bonchev–Trinajstić information content (AvgIpc) is 2.36. The summed E-state index contributed by atoms with van der Waals surface area (Å²) in [6.45, 7) is 6.57. The molecule has 1 atom stereocenters. The summed E-state index contributed by atoms with van der Waals surface area (Å²) in [5.41, 5.74) is 1.54. The molecule has 1 aromatic carbocycles. The number of carboxylic acid groups (broad SMARTS) is 1. The summed E-state index contributed by atoms with van der Waals surface area (Å²) < 4.78 is 0. The van der Waals surface area contributed by atoms with E-state index in [1.165, 1.54) is 13.0 Å². The van der Waals surface area contributed by atoms with E-state index >= 15 is 0 Å². The maximum atomic E-state index is 12.2. The van der Waals surface area contributed by atoms with E-state index in [0.29, 0.717) is 16.8 Å². The molecule has 0 saturated heterocycles. The van der Waals surface area contributed by atoms with Gasteiger partial charge in [0.1, 0.15) is 6.04 Å². The van der Waals surface area contributed by atoms with Gasteiger partial charge in [-0.1, -0.05) is 19.9 Å². The summed E-state index contributed by atoms with van der Waals surface area (Å²) in [5, 5.41) is 14.2. The molecule has 0 aliphatic heterocycles. The fourth-order valence-electron chi connectivity index (χ4n) is 1.88. The first-order valence-corrected chi connectivity index (χ1v) is 6.64. The lowest BCUT2D eigenvalue weighted by molar-refractivity contribution is -0.140. The molecule has 6 nitrogen and oxygen atoms in total. The summed E-state index contributed by atoms with van der Waals surface area (Å²) >= 11 is 0. The molecule has 0 aromatic heterocycles. The zero-order valence-corrected chi connectivity index (χ0v) is 12.6. The number of carboxylic acids is 1. The number of anilines is 1. The number of aliphatic carboxylic acids is 1. The van der Waals surface area contributed by atoms with Crippen LogP contribution in [-0.2, 0) is 9.59 Å². The van der Waals surface area contributed by atoms with Crippen molar-refractivity contribution in [2.75, 3.05) is 5.32 Å². The molecule has 2 amide bonds. The van der Waals surface area contributed by atoms with E-state index < -0.39 is 17.9 Å². The number of hydrogen-bond donors (Lipinski definition) is 3. The van der Waals surface area contributed by atoms with Crippen molar-refractivity contribution in [1.29, 1.82) is 0 Å². The van der Waals surface area contributed by atoms with Crippen LogP contribution >= 0.6 is 0 Å². The minimum Gasteiger partial charge on any atom is -0.480 e. The highest BCUT2D eigenvalue weighted by Crippen LogP contribution is 2.16. The van der Waals surface area contributed by atoms with Gasteiger partial charge in [-0.15, -0.1) is 0 Å². The van der Waals surface area contributed by atoms with Gasteiger partial charge in [-0.2, -0.15) is 0 Å². The third-order valence-corrected chi connectivity index (χ3v) is 3.02. The summed E-state index contributed by atoms with van der Waals surface area (Å²) in [6.07, 6.45) is 0. The van der Waals surface area contributed by atoms with Crippen LogP contribution in [0, 0.1) is 12.8 Å². The van der Waals surface area contributed by atoms with Gasteiger partial charge in [0.25, 0.3) is 5.91 Å². The van der Waals surface area contributed by atoms with Crippen LogP contribution in [0.2, 0.25) is 0 Å². The van der Waals surface area contributed by atoms with E-state index in [9.17, 15) is 14.4 Å². The molecule has 3 N–H and O–H groups in total. The maximum absolute atomic E-state index is 12.2. The van der Waals surface area contributed by atoms with Crippen LogP contribution < -0.4 is 10.6 Å². The molecule has 0 aliphatic carbocycles. The number of aryl methyl sites for hydroxylation is 1. The van der Waals surface area contributed by atoms with Crippen LogP contribution in [0.1, 0.15) is 36.7 Å². The Balaban J connectivity index is 3.00. The maximum Gasteiger partial charge on any atom is 0.326 e. The summed E-state index contributed by atoms with van der Waals surface area (Å²) in [6, 6.07) is 3.96. The van der Waals surface area contributed by atoms with Gasteiger partial charge in [-0.25, -0.2) is 4.79 Å². The summed E-state index contributed by atoms with van der Waals surface area (Å²) in [4.78, 5) is 34.4. The van der Waals surface area contributed by atoms with Crippen LogP contribution in [0.15, 0.2) is 18.2 Å². The lowest BCUT2D eigenvalue weighted by atomic mass is 10.0. The molecule has 114 valence electrons. The molecule has 0 fully saturated rings. The molecule has 0 radical (unpaired) electrons. The average molecular weight is 292 g/mol. The number of carbonyl (C=O) groups excluding carboxylic acids is 2. The highest BCUT2D eigenvalue weighted by molar-refractivity contribution is 5.99. The molecule has 1 rings (SSSR count). The van der Waals surface area contributed by atoms with E-state index in [0.717, 1.165) is 0 Å². The quantitative estimate of drug-likeness (QED) is 0.771. The number of nitrogens with one attached hydrogen (secondary N) is 2. The fraction of sp³-hybridized carbons (Fsp3) is 0.400. The minimum atomic E-state index is -1.07. The van der Waals surface area contributed by atoms with Crippen LogP contribution in [-0.4, -0.2) is 28.9 Å². The highest BCUT2D eigenvalue weighted by atomic mass is 16.4. The number of amides is 2. The minimum absolute atomic E-state index is 0.231. The van der Waals surface area contributed by atoms with Crippen LogP contribution in [0.5, 0.6) is 0 Å². The zero-order valence-electron chi connectivity index (χ0n) is 12.6. The van der Waals surface area contributed by atoms with Crippen molar-refractivity contribution in [1.82, 2.24) is 5.32 Å². The Labute approximate surface area is 123 Å². The van der Waals surface area contributed by atoms with Crippen molar-refractivity contribution in [2.24, 2.45) is 5.92 Å². The number of rotatable bonds is 5. The molecule has 0 aliphatic rings. The molecule has 0 spiro atoms. The van der Waals surface area contributed by atoms with Crippen LogP contribution in [0.3, 0.4) is 0 Å². The van der Waals surface area contributed by atoms with Gasteiger partial charge in [0.15, 0.2) is 0 Å². The third-order valence-electron chi connectivity index (χ3n) is 3.02. The van der Waals surface area contributed by atoms with Gasteiger partial charge in [0.05, 0.1) is 0 Å². The standard InChI is InChI=1S/C15H20N2O4/c1-8(2)13(15(20)21)17-14(19)12-7-11(16-10(4)18)6-5-9(12)3/h5-8,13H,1-4H3,(H,16,18)(H,17,19)(H,20,21)/t13-/m1/s1. The fourth-order valence-corrected chi connectivity index (χ4v) is 1.88. The third kappa shape index (κ3) is 4.59. The second kappa shape index (κ2) is 6.88. The summed E-state index contributed by atoms with van der Waals surface area (Å²) in [7, 11) is 0. The van der Waals surface area contributed by atoms with Gasteiger partial charge in [-0.3, -0.25) is 9.59 Å². The van der Waals surface area contributed by atoms with Crippen molar-refractivity contribution >= 4 is 23.5 Å². The Hall–Kier alpha value is -2.37. The summed E-state index contributed by atoms with van der Waals surface area (Å²) in [5.74, 6) is -2.02. The predicted octanol–water partition coefficient (Wildman–Crippen LogP) is 1.79. The first kappa shape index (κ1) is 16.7. The van der Waals surface area contributed by atoms with Gasteiger partial charge in [0.2, 0.25) is 5.91 Å². The van der Waals surface area contributed by atoms with Crippen molar-refractivity contribution in [3.8, 4) is 0 Å². The van der Waals surface area contributed by atoms with E-state index in [1.54, 1.807) is 32.9 Å². The number of carbonyl (C=O) groups is 3. The molecule has 6 heteroatoms. The van der Waals surface area contributed by atoms with Gasteiger partial charge in [-0.05, 0) is 30.5 Å². The second-order valence-electron chi connectivity index (χ2n) is 5.24. The first-order valence-electron chi connectivity index (χ1n) is 6.64. The van der Waals surface area contributed by atoms with Crippen LogP contribution in [0.4, 0.5) is 5.69 Å². The lowest BCUT2D eigenvalue weighted by Gasteiger charge is -2.19. The Kier molecular flexibility index (Phi) is 5.46. The topological polar surface area (TPSA) is 95.5 Å². The van der Waals surface area contributed by atoms with Crippen molar-refractivity contribution in [3.63, 3.8) is 0 Å². The second-order valence-corrected chi connectivity index (χ2v) is 5.24. The molecule has 0 unspecified atom stereocenters. The van der Waals surface area contributed by atoms with Crippen molar-refractivity contribution < 1.29 is 19.5 Å². The molecule has 21 heavy (non-hydrogen) atoms. The van der Waals surface area contributed by atoms with Gasteiger partial charge < -0.3 is 15.7 Å². The lowest BCUT2D eigenvalue weighted by Crippen LogP contribution is -2.44. The highest BCUT2D eigenvalue weighted by Gasteiger charge is 2.24. The Bertz CT molecular complexity index is 567. The van der Waals surface area contributed by atoms with E-state index in [-0.39, 0.29) is 11.8 Å². The van der Waals surface area contributed by atoms with Crippen molar-refractivity contribution in [2.45, 2.75) is 33.7 Å². The van der Waals surface area contributed by atoms with E-state index in [4.69, 9.17) is 5.11 Å². The normalized spacial score (nSPS) is 11.9. The smallest absolute Gasteiger partial charge is 0.326 e. The molecule has 0 saturated carbocycles. The Morgan fingerprint density at radius 1 is 1.19 bits per heavy atom. The molecule has 0 bridgehead atoms. The zero-order chi connectivity index (χ0) is 16.2. The monoisotopic (exact) mass is 292 g/mol. The van der Waals surface area contributed by atoms with Crippen molar-refractivity contribution in [3.05, 3.63) is 29.3 Å². The molecule has 1 aromatic rings. The molecular formula is C15H20N2O4.